The van der Waals surface area contributed by atoms with E-state index in [4.69, 9.17) is 4.74 Å². The summed E-state index contributed by atoms with van der Waals surface area (Å²) in [6.45, 7) is 1.79. The SMILES string of the molecule is Cc1ccc(Oc2ccc(NS(=O)(=O)c3ccc(F)cc3F)cc2)nn1. The average Bonchev–Trinajstić information content (AvgIpc) is 2.58. The number of aromatic nitrogens is 2. The van der Waals surface area contributed by atoms with Gasteiger partial charge in [0.1, 0.15) is 22.3 Å². The first-order chi connectivity index (χ1) is 12.3. The largest absolute Gasteiger partial charge is 0.438 e. The van der Waals surface area contributed by atoms with E-state index in [1.165, 1.54) is 24.3 Å². The second-order valence-corrected chi connectivity index (χ2v) is 6.97. The van der Waals surface area contributed by atoms with Gasteiger partial charge in [-0.3, -0.25) is 4.72 Å². The van der Waals surface area contributed by atoms with Gasteiger partial charge in [0.25, 0.3) is 10.0 Å². The van der Waals surface area contributed by atoms with Crippen LogP contribution in [0.4, 0.5) is 14.5 Å². The highest BCUT2D eigenvalue weighted by molar-refractivity contribution is 7.92. The number of nitrogens with one attached hydrogen (secondary N) is 1. The van der Waals surface area contributed by atoms with Gasteiger partial charge in [-0.1, -0.05) is 0 Å². The van der Waals surface area contributed by atoms with E-state index in [0.29, 0.717) is 11.8 Å². The van der Waals surface area contributed by atoms with Crippen LogP contribution in [-0.4, -0.2) is 18.6 Å². The molecule has 134 valence electrons. The van der Waals surface area contributed by atoms with Crippen molar-refractivity contribution >= 4 is 15.7 Å². The van der Waals surface area contributed by atoms with Crippen LogP contribution in [0.25, 0.3) is 0 Å². The summed E-state index contributed by atoms with van der Waals surface area (Å²) in [4.78, 5) is -0.644. The monoisotopic (exact) mass is 377 g/mol. The lowest BCUT2D eigenvalue weighted by molar-refractivity contribution is 0.454. The van der Waals surface area contributed by atoms with Crippen LogP contribution < -0.4 is 9.46 Å². The van der Waals surface area contributed by atoms with Gasteiger partial charge in [0.2, 0.25) is 5.88 Å². The first-order valence-electron chi connectivity index (χ1n) is 7.40. The third kappa shape index (κ3) is 4.12. The number of halogens is 2. The van der Waals surface area contributed by atoms with Gasteiger partial charge in [0.05, 0.1) is 5.69 Å². The Balaban J connectivity index is 1.75. The molecule has 0 fully saturated rings. The molecule has 0 amide bonds. The highest BCUT2D eigenvalue weighted by atomic mass is 32.2. The van der Waals surface area contributed by atoms with Crippen molar-refractivity contribution in [3.8, 4) is 11.6 Å². The van der Waals surface area contributed by atoms with Crippen molar-refractivity contribution in [3.05, 3.63) is 71.9 Å². The van der Waals surface area contributed by atoms with Crippen LogP contribution in [0.2, 0.25) is 0 Å². The first kappa shape index (κ1) is 17.7. The molecule has 0 saturated heterocycles. The van der Waals surface area contributed by atoms with E-state index in [9.17, 15) is 17.2 Å². The second-order valence-electron chi connectivity index (χ2n) is 5.32. The van der Waals surface area contributed by atoms with E-state index in [-0.39, 0.29) is 11.6 Å². The van der Waals surface area contributed by atoms with E-state index in [1.807, 2.05) is 0 Å². The van der Waals surface area contributed by atoms with Gasteiger partial charge in [0.15, 0.2) is 0 Å². The minimum Gasteiger partial charge on any atom is -0.438 e. The van der Waals surface area contributed by atoms with Crippen molar-refractivity contribution in [1.82, 2.24) is 10.2 Å². The molecule has 0 aliphatic rings. The molecule has 0 unspecified atom stereocenters. The quantitative estimate of drug-likeness (QED) is 0.734. The summed E-state index contributed by atoms with van der Waals surface area (Å²) in [5, 5.41) is 7.72. The van der Waals surface area contributed by atoms with E-state index in [1.54, 1.807) is 19.1 Å². The Morgan fingerprint density at radius 2 is 1.69 bits per heavy atom. The summed E-state index contributed by atoms with van der Waals surface area (Å²) in [6, 6.07) is 11.5. The van der Waals surface area contributed by atoms with Crippen LogP contribution >= 0.6 is 0 Å². The molecule has 2 aromatic carbocycles. The Morgan fingerprint density at radius 3 is 2.31 bits per heavy atom. The molecule has 0 radical (unpaired) electrons. The summed E-state index contributed by atoms with van der Waals surface area (Å²) in [5.74, 6) is -1.33. The molecule has 0 saturated carbocycles. The third-order valence-electron chi connectivity index (χ3n) is 3.29. The smallest absolute Gasteiger partial charge is 0.264 e. The standard InChI is InChI=1S/C17H13F2N3O3S/c1-11-2-9-17(21-20-11)25-14-6-4-13(5-7-14)22-26(23,24)16-8-3-12(18)10-15(16)19/h2-10,22H,1H3. The van der Waals surface area contributed by atoms with Crippen molar-refractivity contribution in [2.75, 3.05) is 4.72 Å². The topological polar surface area (TPSA) is 81.2 Å². The predicted octanol–water partition coefficient (Wildman–Crippen LogP) is 3.66. The maximum atomic E-state index is 13.7. The molecule has 0 spiro atoms. The Labute approximate surface area is 148 Å². The van der Waals surface area contributed by atoms with Crippen LogP contribution in [-0.2, 0) is 10.0 Å². The lowest BCUT2D eigenvalue weighted by atomic mass is 10.3. The normalized spacial score (nSPS) is 11.2. The summed E-state index contributed by atoms with van der Waals surface area (Å²) < 4.78 is 58.8. The molecule has 1 aromatic heterocycles. The molecule has 0 aliphatic carbocycles. The molecule has 1 heterocycles. The van der Waals surface area contributed by atoms with Crippen molar-refractivity contribution in [2.45, 2.75) is 11.8 Å². The number of anilines is 1. The fraction of sp³-hybridized carbons (Fsp3) is 0.0588. The Hall–Kier alpha value is -3.07. The third-order valence-corrected chi connectivity index (χ3v) is 4.70. The molecule has 3 aromatic rings. The molecule has 0 aliphatic heterocycles. The molecule has 0 atom stereocenters. The summed E-state index contributed by atoms with van der Waals surface area (Å²) in [5.41, 5.74) is 0.936. The molecule has 6 nitrogen and oxygen atoms in total. The minimum atomic E-state index is -4.19. The maximum Gasteiger partial charge on any atom is 0.264 e. The molecule has 9 heteroatoms. The van der Waals surface area contributed by atoms with Gasteiger partial charge in [-0.2, -0.15) is 5.10 Å². The van der Waals surface area contributed by atoms with Crippen LogP contribution in [0.5, 0.6) is 11.6 Å². The van der Waals surface area contributed by atoms with E-state index in [2.05, 4.69) is 14.9 Å². The van der Waals surface area contributed by atoms with Gasteiger partial charge in [-0.05, 0) is 49.4 Å². The lowest BCUT2D eigenvalue weighted by Crippen LogP contribution is -2.14. The summed E-state index contributed by atoms with van der Waals surface area (Å²) >= 11 is 0. The molecule has 3 rings (SSSR count). The Bertz CT molecular complexity index is 1020. The highest BCUT2D eigenvalue weighted by Gasteiger charge is 2.19. The molecule has 1 N–H and O–H groups in total. The molecular weight excluding hydrogens is 364 g/mol. The number of sulfonamides is 1. The lowest BCUT2D eigenvalue weighted by Gasteiger charge is -2.10. The van der Waals surface area contributed by atoms with Gasteiger partial charge < -0.3 is 4.74 Å². The van der Waals surface area contributed by atoms with Crippen molar-refractivity contribution < 1.29 is 21.9 Å². The van der Waals surface area contributed by atoms with E-state index < -0.39 is 26.6 Å². The van der Waals surface area contributed by atoms with E-state index in [0.717, 1.165) is 17.8 Å². The second kappa shape index (κ2) is 7.04. The molecule has 26 heavy (non-hydrogen) atoms. The van der Waals surface area contributed by atoms with Crippen LogP contribution in [0.3, 0.4) is 0 Å². The Morgan fingerprint density at radius 1 is 0.962 bits per heavy atom. The summed E-state index contributed by atoms with van der Waals surface area (Å²) in [7, 11) is -4.19. The predicted molar refractivity (Wildman–Crippen MR) is 90.5 cm³/mol. The number of hydrogen-bond donors (Lipinski definition) is 1. The van der Waals surface area contributed by atoms with Crippen molar-refractivity contribution in [2.24, 2.45) is 0 Å². The molecule has 0 bridgehead atoms. The van der Waals surface area contributed by atoms with Crippen molar-refractivity contribution in [1.29, 1.82) is 0 Å². The van der Waals surface area contributed by atoms with Gasteiger partial charge in [0, 0.05) is 17.8 Å². The van der Waals surface area contributed by atoms with Gasteiger partial charge in [-0.15, -0.1) is 5.10 Å². The fourth-order valence-electron chi connectivity index (χ4n) is 2.06. The highest BCUT2D eigenvalue weighted by Crippen LogP contribution is 2.24. The van der Waals surface area contributed by atoms with Gasteiger partial charge in [-0.25, -0.2) is 17.2 Å². The van der Waals surface area contributed by atoms with E-state index >= 15 is 0 Å². The van der Waals surface area contributed by atoms with Crippen molar-refractivity contribution in [3.63, 3.8) is 0 Å². The Kier molecular flexibility index (Phi) is 4.81. The number of hydrogen-bond acceptors (Lipinski definition) is 5. The average molecular weight is 377 g/mol. The minimum absolute atomic E-state index is 0.191. The zero-order valence-electron chi connectivity index (χ0n) is 13.5. The fourth-order valence-corrected chi connectivity index (χ4v) is 3.18. The number of nitrogens with zero attached hydrogens (tertiary/aromatic N) is 2. The van der Waals surface area contributed by atoms with Gasteiger partial charge >= 0.3 is 0 Å². The zero-order valence-corrected chi connectivity index (χ0v) is 14.3. The number of aryl methyl sites for hydroxylation is 1. The van der Waals surface area contributed by atoms with Crippen LogP contribution in [0.1, 0.15) is 5.69 Å². The van der Waals surface area contributed by atoms with Crippen LogP contribution in [0.15, 0.2) is 59.5 Å². The number of rotatable bonds is 5. The number of ether oxygens (including phenoxy) is 1. The maximum absolute atomic E-state index is 13.7. The van der Waals surface area contributed by atoms with Crippen LogP contribution in [0, 0.1) is 18.6 Å². The number of benzene rings is 2. The first-order valence-corrected chi connectivity index (χ1v) is 8.88. The molecular formula is C17H13F2N3O3S. The zero-order chi connectivity index (χ0) is 18.7. The summed E-state index contributed by atoms with van der Waals surface area (Å²) in [6.07, 6.45) is 0.